The molecule has 0 saturated carbocycles. The molecule has 2 saturated heterocycles. The number of sulfonamides is 1. The van der Waals surface area contributed by atoms with E-state index in [0.717, 1.165) is 49.3 Å². The summed E-state index contributed by atoms with van der Waals surface area (Å²) in [4.78, 5) is 17.9. The van der Waals surface area contributed by atoms with Crippen LogP contribution in [0, 0.1) is 5.92 Å². The van der Waals surface area contributed by atoms with Gasteiger partial charge in [-0.3, -0.25) is 4.79 Å². The lowest BCUT2D eigenvalue weighted by molar-refractivity contribution is -0.120. The topological polar surface area (TPSA) is 98.7 Å². The van der Waals surface area contributed by atoms with Crippen molar-refractivity contribution in [1.82, 2.24) is 18.0 Å². The normalized spacial score (nSPS) is 18.9. The van der Waals surface area contributed by atoms with Crippen LogP contribution in [-0.2, 0) is 14.8 Å². The van der Waals surface area contributed by atoms with Gasteiger partial charge in [0.2, 0.25) is 15.9 Å². The average Bonchev–Trinajstić information content (AvgIpc) is 3.34. The van der Waals surface area contributed by atoms with E-state index in [1.54, 1.807) is 18.2 Å². The highest BCUT2D eigenvalue weighted by Crippen LogP contribution is 2.30. The van der Waals surface area contributed by atoms with E-state index in [2.05, 4.69) is 30.9 Å². The predicted molar refractivity (Wildman–Crippen MR) is 134 cm³/mol. The Kier molecular flexibility index (Phi) is 6.52. The van der Waals surface area contributed by atoms with Crippen LogP contribution in [0.15, 0.2) is 47.4 Å². The fourth-order valence-corrected chi connectivity index (χ4v) is 6.85. The highest BCUT2D eigenvalue weighted by molar-refractivity contribution is 7.89. The van der Waals surface area contributed by atoms with Crippen LogP contribution in [0.2, 0.25) is 0 Å². The number of amides is 1. The van der Waals surface area contributed by atoms with Gasteiger partial charge in [0.05, 0.1) is 23.1 Å². The van der Waals surface area contributed by atoms with Gasteiger partial charge in [-0.05, 0) is 44.2 Å². The number of likely N-dealkylation sites (N-methyl/N-ethyl adjacent to an activating group) is 1. The molecule has 0 atom stereocenters. The Labute approximate surface area is 203 Å². The van der Waals surface area contributed by atoms with E-state index in [4.69, 9.17) is 0 Å². The Bertz CT molecular complexity index is 1280. The number of aromatic nitrogens is 2. The van der Waals surface area contributed by atoms with Crippen LogP contribution in [0.3, 0.4) is 0 Å². The Balaban J connectivity index is 1.24. The van der Waals surface area contributed by atoms with Crippen molar-refractivity contribution in [3.05, 3.63) is 42.5 Å². The molecule has 3 aromatic rings. The van der Waals surface area contributed by atoms with Gasteiger partial charge < -0.3 is 15.1 Å². The number of piperidine rings is 1. The SMILES string of the molecule is CN1CCN(c2ccccc2NC(=O)C2CCN(S(=O)(=O)c3cccc4nsnc34)CC2)CC1. The second-order valence-corrected chi connectivity index (χ2v) is 11.3. The van der Waals surface area contributed by atoms with Gasteiger partial charge in [0.25, 0.3) is 0 Å². The Morgan fingerprint density at radius 1 is 0.971 bits per heavy atom. The van der Waals surface area contributed by atoms with Gasteiger partial charge in [-0.15, -0.1) is 0 Å². The first kappa shape index (κ1) is 23.2. The molecule has 9 nitrogen and oxygen atoms in total. The molecule has 2 aromatic carbocycles. The van der Waals surface area contributed by atoms with Crippen molar-refractivity contribution in [3.8, 4) is 0 Å². The monoisotopic (exact) mass is 500 g/mol. The minimum absolute atomic E-state index is 0.0515. The molecule has 1 amide bonds. The van der Waals surface area contributed by atoms with Gasteiger partial charge in [-0.25, -0.2) is 8.42 Å². The Hall–Kier alpha value is -2.60. The van der Waals surface area contributed by atoms with Crippen molar-refractivity contribution >= 4 is 50.1 Å². The summed E-state index contributed by atoms with van der Waals surface area (Å²) >= 11 is 1.00. The Morgan fingerprint density at radius 3 is 2.47 bits per heavy atom. The number of carbonyl (C=O) groups is 1. The first-order valence-corrected chi connectivity index (χ1v) is 13.7. The van der Waals surface area contributed by atoms with Gasteiger partial charge >= 0.3 is 0 Å². The first-order valence-electron chi connectivity index (χ1n) is 11.5. The van der Waals surface area contributed by atoms with E-state index in [0.29, 0.717) is 37.0 Å². The molecule has 1 aromatic heterocycles. The molecular weight excluding hydrogens is 472 g/mol. The molecular formula is C23H28N6O3S2. The van der Waals surface area contributed by atoms with Crippen molar-refractivity contribution in [2.75, 3.05) is 56.5 Å². The van der Waals surface area contributed by atoms with Gasteiger partial charge in [-0.1, -0.05) is 18.2 Å². The van der Waals surface area contributed by atoms with Crippen LogP contribution in [0.4, 0.5) is 11.4 Å². The number of benzene rings is 2. The maximum atomic E-state index is 13.3. The van der Waals surface area contributed by atoms with E-state index in [-0.39, 0.29) is 16.7 Å². The summed E-state index contributed by atoms with van der Waals surface area (Å²) in [7, 11) is -1.58. The van der Waals surface area contributed by atoms with Crippen molar-refractivity contribution < 1.29 is 13.2 Å². The predicted octanol–water partition coefficient (Wildman–Crippen LogP) is 2.48. The molecule has 5 rings (SSSR count). The molecule has 0 spiro atoms. The zero-order chi connectivity index (χ0) is 23.7. The third kappa shape index (κ3) is 4.52. The van der Waals surface area contributed by atoms with Gasteiger partial charge in [-0.2, -0.15) is 13.1 Å². The number of hydrogen-bond donors (Lipinski definition) is 1. The third-order valence-electron chi connectivity index (χ3n) is 6.70. The number of fused-ring (bicyclic) bond motifs is 1. The fourth-order valence-electron chi connectivity index (χ4n) is 4.62. The summed E-state index contributed by atoms with van der Waals surface area (Å²) in [6.45, 7) is 4.41. The summed E-state index contributed by atoms with van der Waals surface area (Å²) in [5.74, 6) is -0.284. The zero-order valence-electron chi connectivity index (χ0n) is 19.1. The summed E-state index contributed by atoms with van der Waals surface area (Å²) in [6, 6.07) is 12.9. The van der Waals surface area contributed by atoms with Crippen LogP contribution in [0.1, 0.15) is 12.8 Å². The molecule has 0 radical (unpaired) electrons. The number of nitrogens with zero attached hydrogens (tertiary/aromatic N) is 5. The highest BCUT2D eigenvalue weighted by Gasteiger charge is 2.34. The first-order chi connectivity index (χ1) is 16.4. The highest BCUT2D eigenvalue weighted by atomic mass is 32.2. The van der Waals surface area contributed by atoms with Crippen LogP contribution >= 0.6 is 11.7 Å². The summed E-state index contributed by atoms with van der Waals surface area (Å²) in [6.07, 6.45) is 0.958. The average molecular weight is 501 g/mol. The lowest BCUT2D eigenvalue weighted by Gasteiger charge is -2.35. The van der Waals surface area contributed by atoms with E-state index >= 15 is 0 Å². The van der Waals surface area contributed by atoms with Gasteiger partial charge in [0.15, 0.2) is 0 Å². The molecule has 11 heteroatoms. The standard InChI is InChI=1S/C23H28N6O3S2/c1-27-13-15-28(16-14-27)20-7-3-2-5-18(20)24-23(30)17-9-11-29(12-10-17)34(31,32)21-8-4-6-19-22(21)26-33-25-19/h2-8,17H,9-16H2,1H3,(H,24,30). The molecule has 2 aliphatic heterocycles. The molecule has 0 unspecified atom stereocenters. The van der Waals surface area contributed by atoms with Crippen molar-refractivity contribution in [3.63, 3.8) is 0 Å². The summed E-state index contributed by atoms with van der Waals surface area (Å²) < 4.78 is 36.3. The number of para-hydroxylation sites is 2. The van der Waals surface area contributed by atoms with Crippen LogP contribution in [0.25, 0.3) is 11.0 Å². The molecule has 2 aliphatic rings. The number of piperazine rings is 1. The number of carbonyl (C=O) groups excluding carboxylic acids is 1. The maximum absolute atomic E-state index is 13.3. The minimum atomic E-state index is -3.70. The third-order valence-corrected chi connectivity index (χ3v) is 9.17. The lowest BCUT2D eigenvalue weighted by Crippen LogP contribution is -2.45. The largest absolute Gasteiger partial charge is 0.367 e. The second kappa shape index (κ2) is 9.57. The van der Waals surface area contributed by atoms with Gasteiger partial charge in [0, 0.05) is 45.2 Å². The fraction of sp³-hybridized carbons (Fsp3) is 0.435. The molecule has 2 fully saturated rings. The van der Waals surface area contributed by atoms with Crippen molar-refractivity contribution in [2.24, 2.45) is 5.92 Å². The molecule has 3 heterocycles. The molecule has 0 bridgehead atoms. The molecule has 1 N–H and O–H groups in total. The quantitative estimate of drug-likeness (QED) is 0.575. The lowest BCUT2D eigenvalue weighted by atomic mass is 9.97. The van der Waals surface area contributed by atoms with Gasteiger partial charge in [0.1, 0.15) is 15.9 Å². The van der Waals surface area contributed by atoms with Crippen molar-refractivity contribution in [2.45, 2.75) is 17.7 Å². The van der Waals surface area contributed by atoms with E-state index in [9.17, 15) is 13.2 Å². The minimum Gasteiger partial charge on any atom is -0.367 e. The number of hydrogen-bond acceptors (Lipinski definition) is 8. The zero-order valence-corrected chi connectivity index (χ0v) is 20.7. The van der Waals surface area contributed by atoms with E-state index in [1.807, 2.05) is 24.3 Å². The Morgan fingerprint density at radius 2 is 1.71 bits per heavy atom. The second-order valence-electron chi connectivity index (χ2n) is 8.86. The molecule has 0 aliphatic carbocycles. The van der Waals surface area contributed by atoms with E-state index in [1.165, 1.54) is 4.31 Å². The summed E-state index contributed by atoms with van der Waals surface area (Å²) in [5, 5.41) is 3.12. The molecule has 180 valence electrons. The van der Waals surface area contributed by atoms with E-state index < -0.39 is 10.0 Å². The van der Waals surface area contributed by atoms with Crippen molar-refractivity contribution in [1.29, 1.82) is 0 Å². The molecule has 34 heavy (non-hydrogen) atoms. The maximum Gasteiger partial charge on any atom is 0.245 e. The van der Waals surface area contributed by atoms with Crippen LogP contribution in [-0.4, -0.2) is 78.6 Å². The number of rotatable bonds is 5. The van der Waals surface area contributed by atoms with Crippen LogP contribution in [0.5, 0.6) is 0 Å². The number of nitrogens with one attached hydrogen (secondary N) is 1. The number of anilines is 2. The smallest absolute Gasteiger partial charge is 0.245 e. The van der Waals surface area contributed by atoms with Crippen LogP contribution < -0.4 is 10.2 Å². The summed E-state index contributed by atoms with van der Waals surface area (Å²) in [5.41, 5.74) is 2.84.